The molecule has 0 aliphatic heterocycles. The van der Waals surface area contributed by atoms with E-state index in [1.165, 1.54) is 0 Å². The summed E-state index contributed by atoms with van der Waals surface area (Å²) in [6.07, 6.45) is 6.37. The Bertz CT molecular complexity index is 484. The molecule has 0 unspecified atom stereocenters. The SMILES string of the molecule is CCCCC[C@@](CC(C)C)(N=O)C(=O)[O-].CCCCC[C@@](CC(C)C)(N=O)C(=O)[O-].[Ca+2]. The minimum atomic E-state index is -1.51. The summed E-state index contributed by atoms with van der Waals surface area (Å²) >= 11 is 0. The van der Waals surface area contributed by atoms with Crippen molar-refractivity contribution >= 4 is 49.7 Å². The van der Waals surface area contributed by atoms with Crippen molar-refractivity contribution in [1.29, 1.82) is 0 Å². The molecule has 0 aromatic heterocycles. The Kier molecular flexibility index (Phi) is 21.4. The fourth-order valence-electron chi connectivity index (χ4n) is 3.50. The molecule has 9 heteroatoms. The number of unbranched alkanes of at least 4 members (excludes halogenated alkanes) is 4. The van der Waals surface area contributed by atoms with Crippen LogP contribution in [0.3, 0.4) is 0 Å². The van der Waals surface area contributed by atoms with Crippen molar-refractivity contribution in [2.45, 2.75) is 117 Å². The molecule has 0 saturated carbocycles. The Hall–Kier alpha value is -0.600. The van der Waals surface area contributed by atoms with Crippen LogP contribution in [0.5, 0.6) is 0 Å². The first kappa shape index (κ1) is 35.0. The van der Waals surface area contributed by atoms with E-state index >= 15 is 0 Å². The smallest absolute Gasteiger partial charge is 0.547 e. The van der Waals surface area contributed by atoms with Gasteiger partial charge >= 0.3 is 37.7 Å². The Morgan fingerprint density at radius 2 is 1.00 bits per heavy atom. The summed E-state index contributed by atoms with van der Waals surface area (Å²) in [4.78, 5) is 43.4. The number of carboxylic acid groups (broad SMARTS) is 2. The maximum absolute atomic E-state index is 11.0. The number of hydrogen-bond acceptors (Lipinski definition) is 8. The third kappa shape index (κ3) is 14.2. The predicted octanol–water partition coefficient (Wildman–Crippen LogP) is 3.36. The Morgan fingerprint density at radius 1 is 0.710 bits per heavy atom. The Morgan fingerprint density at radius 3 is 1.16 bits per heavy atom. The quantitative estimate of drug-likeness (QED) is 0.193. The molecule has 0 saturated heterocycles. The van der Waals surface area contributed by atoms with E-state index in [0.717, 1.165) is 25.7 Å². The maximum Gasteiger partial charge on any atom is 2.00 e. The van der Waals surface area contributed by atoms with Gasteiger partial charge in [0.05, 0.1) is 11.9 Å². The molecule has 0 rings (SSSR count). The van der Waals surface area contributed by atoms with Gasteiger partial charge in [-0.05, 0) is 37.5 Å². The van der Waals surface area contributed by atoms with Crippen LogP contribution in [0.25, 0.3) is 0 Å². The zero-order chi connectivity index (χ0) is 23.8. The van der Waals surface area contributed by atoms with Gasteiger partial charge in [-0.3, -0.25) is 0 Å². The van der Waals surface area contributed by atoms with Gasteiger partial charge in [0, 0.05) is 0 Å². The van der Waals surface area contributed by atoms with Crippen LogP contribution in [0.2, 0.25) is 0 Å². The van der Waals surface area contributed by atoms with Crippen molar-refractivity contribution in [2.75, 3.05) is 0 Å². The standard InChI is InChI=1S/2C11H21NO3.Ca/c2*1-4-5-6-7-11(12-15,10(13)14)8-9(2)3;/h2*9H,4-8H2,1-3H3,(H,13,14);/q;;+2/p-2/t2*11-;/m00./s1. The molecule has 0 radical (unpaired) electrons. The van der Waals surface area contributed by atoms with Gasteiger partial charge in [0.15, 0.2) is 0 Å². The summed E-state index contributed by atoms with van der Waals surface area (Å²) in [5.41, 5.74) is -3.02. The van der Waals surface area contributed by atoms with Gasteiger partial charge in [-0.15, -0.1) is 9.81 Å². The molecule has 0 aromatic carbocycles. The van der Waals surface area contributed by atoms with Crippen molar-refractivity contribution < 1.29 is 19.8 Å². The van der Waals surface area contributed by atoms with Gasteiger partial charge < -0.3 is 19.8 Å². The minimum Gasteiger partial charge on any atom is -0.547 e. The number of carboxylic acids is 2. The van der Waals surface area contributed by atoms with E-state index in [1.54, 1.807) is 0 Å². The van der Waals surface area contributed by atoms with Crippen molar-refractivity contribution in [1.82, 2.24) is 0 Å². The monoisotopic (exact) mass is 468 g/mol. The molecule has 0 aromatic rings. The number of aliphatic carboxylic acids is 2. The first-order valence-electron chi connectivity index (χ1n) is 11.1. The van der Waals surface area contributed by atoms with Gasteiger partial charge in [-0.1, -0.05) is 90.4 Å². The van der Waals surface area contributed by atoms with Crippen molar-refractivity contribution in [3.05, 3.63) is 9.81 Å². The average molecular weight is 469 g/mol. The summed E-state index contributed by atoms with van der Waals surface area (Å²) < 4.78 is 0. The molecular weight excluding hydrogens is 428 g/mol. The van der Waals surface area contributed by atoms with Gasteiger partial charge in [0.2, 0.25) is 0 Å². The van der Waals surface area contributed by atoms with E-state index in [1.807, 2.05) is 41.5 Å². The summed E-state index contributed by atoms with van der Waals surface area (Å²) in [5.74, 6) is -2.41. The van der Waals surface area contributed by atoms with Crippen LogP contribution >= 0.6 is 0 Å². The second kappa shape index (κ2) is 18.9. The number of carbonyl (C=O) groups is 2. The average Bonchev–Trinajstić information content (AvgIpc) is 2.66. The van der Waals surface area contributed by atoms with Gasteiger partial charge in [-0.2, -0.15) is 0 Å². The van der Waals surface area contributed by atoms with E-state index in [2.05, 4.69) is 10.4 Å². The second-order valence-corrected chi connectivity index (χ2v) is 8.93. The molecule has 0 spiro atoms. The molecule has 0 N–H and O–H groups in total. The third-order valence-corrected chi connectivity index (χ3v) is 4.99. The van der Waals surface area contributed by atoms with E-state index in [9.17, 15) is 29.6 Å². The first-order valence-corrected chi connectivity index (χ1v) is 11.1. The number of carbonyl (C=O) groups excluding carboxylic acids is 2. The van der Waals surface area contributed by atoms with Crippen LogP contribution in [-0.4, -0.2) is 60.8 Å². The van der Waals surface area contributed by atoms with E-state index < -0.39 is 23.0 Å². The van der Waals surface area contributed by atoms with E-state index in [0.29, 0.717) is 25.7 Å². The summed E-state index contributed by atoms with van der Waals surface area (Å²) in [5, 5.41) is 27.6. The van der Waals surface area contributed by atoms with Gasteiger partial charge in [0.25, 0.3) is 0 Å². The van der Waals surface area contributed by atoms with Crippen LogP contribution < -0.4 is 10.2 Å². The van der Waals surface area contributed by atoms with E-state index in [4.69, 9.17) is 0 Å². The molecule has 0 bridgehead atoms. The first-order chi connectivity index (χ1) is 14.0. The number of hydrogen-bond donors (Lipinski definition) is 0. The minimum absolute atomic E-state index is 0. The molecule has 0 aliphatic carbocycles. The zero-order valence-electron chi connectivity index (χ0n) is 20.3. The van der Waals surface area contributed by atoms with Crippen LogP contribution in [0.15, 0.2) is 10.4 Å². The fraction of sp³-hybridized carbons (Fsp3) is 0.909. The summed E-state index contributed by atoms with van der Waals surface area (Å²) in [6, 6.07) is 0. The largest absolute Gasteiger partial charge is 2.00 e. The van der Waals surface area contributed by atoms with Crippen LogP contribution in [0.4, 0.5) is 0 Å². The van der Waals surface area contributed by atoms with Gasteiger partial charge in [-0.25, -0.2) is 0 Å². The zero-order valence-corrected chi connectivity index (χ0v) is 22.5. The molecule has 0 aliphatic rings. The fourth-order valence-corrected chi connectivity index (χ4v) is 3.50. The topological polar surface area (TPSA) is 139 Å². The number of nitroso groups, excluding NO2 is 2. The third-order valence-electron chi connectivity index (χ3n) is 4.99. The molecule has 0 fully saturated rings. The predicted molar refractivity (Wildman–Crippen MR) is 120 cm³/mol. The molecule has 8 nitrogen and oxygen atoms in total. The number of rotatable bonds is 16. The molecule has 0 heterocycles. The maximum atomic E-state index is 11.0. The molecule has 0 amide bonds. The normalized spacial score (nSPS) is 14.5. The van der Waals surface area contributed by atoms with E-state index in [-0.39, 0.29) is 62.4 Å². The molecule has 31 heavy (non-hydrogen) atoms. The molecule has 176 valence electrons. The van der Waals surface area contributed by atoms with Crippen molar-refractivity contribution in [3.8, 4) is 0 Å². The molecule has 2 atom stereocenters. The van der Waals surface area contributed by atoms with Crippen molar-refractivity contribution in [3.63, 3.8) is 0 Å². The molecular formula is C22H40CaN2O6. The number of nitrogens with zero attached hydrogens (tertiary/aromatic N) is 2. The van der Waals surface area contributed by atoms with Crippen LogP contribution in [0, 0.1) is 21.6 Å². The van der Waals surface area contributed by atoms with Crippen molar-refractivity contribution in [2.24, 2.45) is 22.2 Å². The van der Waals surface area contributed by atoms with Crippen LogP contribution in [-0.2, 0) is 9.59 Å². The second-order valence-electron chi connectivity index (χ2n) is 8.93. The van der Waals surface area contributed by atoms with Crippen LogP contribution in [0.1, 0.15) is 106 Å². The van der Waals surface area contributed by atoms with Gasteiger partial charge in [0.1, 0.15) is 11.1 Å². The Labute approximate surface area is 217 Å². The summed E-state index contributed by atoms with van der Waals surface area (Å²) in [6.45, 7) is 11.6. The summed E-state index contributed by atoms with van der Waals surface area (Å²) in [7, 11) is 0. The Balaban J connectivity index is -0.000000490.